The molecule has 0 aliphatic heterocycles. The molecular formula is C19H39N. The summed E-state index contributed by atoms with van der Waals surface area (Å²) in [5, 5.41) is 0. The van der Waals surface area contributed by atoms with Crippen molar-refractivity contribution in [3.8, 4) is 0 Å². The summed E-state index contributed by atoms with van der Waals surface area (Å²) >= 11 is 0. The molecule has 0 aromatic heterocycles. The first-order valence-electron chi connectivity index (χ1n) is 9.10. The molecule has 0 spiro atoms. The molecule has 0 aromatic carbocycles. The summed E-state index contributed by atoms with van der Waals surface area (Å²) in [6.07, 6.45) is 19.7. The van der Waals surface area contributed by atoms with Gasteiger partial charge in [-0.25, -0.2) is 0 Å². The molecule has 120 valence electrons. The van der Waals surface area contributed by atoms with Crippen molar-refractivity contribution in [2.24, 2.45) is 5.73 Å². The fraction of sp³-hybridized carbons (Fsp3) is 0.895. The van der Waals surface area contributed by atoms with Crippen LogP contribution in [-0.2, 0) is 0 Å². The van der Waals surface area contributed by atoms with Gasteiger partial charge in [0.15, 0.2) is 0 Å². The predicted molar refractivity (Wildman–Crippen MR) is 92.9 cm³/mol. The number of rotatable bonds is 14. The molecule has 20 heavy (non-hydrogen) atoms. The summed E-state index contributed by atoms with van der Waals surface area (Å²) in [7, 11) is 0. The molecule has 0 radical (unpaired) electrons. The Morgan fingerprint density at radius 2 is 0.950 bits per heavy atom. The number of unbranched alkanes of at least 4 members (excludes halogenated alkanes) is 12. The molecule has 1 heteroatoms. The molecule has 2 N–H and O–H groups in total. The van der Waals surface area contributed by atoms with Crippen molar-refractivity contribution in [3.05, 3.63) is 11.3 Å². The number of hydrogen-bond acceptors (Lipinski definition) is 1. The lowest BCUT2D eigenvalue weighted by atomic mass is 10.0. The van der Waals surface area contributed by atoms with Crippen LogP contribution in [0.4, 0.5) is 0 Å². The lowest BCUT2D eigenvalue weighted by Crippen LogP contribution is -1.95. The first-order valence-corrected chi connectivity index (χ1v) is 9.10. The van der Waals surface area contributed by atoms with Crippen LogP contribution in [0, 0.1) is 0 Å². The van der Waals surface area contributed by atoms with E-state index in [2.05, 4.69) is 13.8 Å². The van der Waals surface area contributed by atoms with Crippen molar-refractivity contribution >= 4 is 0 Å². The molecule has 0 amide bonds. The lowest BCUT2D eigenvalue weighted by Gasteiger charge is -2.04. The van der Waals surface area contributed by atoms with E-state index in [9.17, 15) is 0 Å². The van der Waals surface area contributed by atoms with E-state index in [4.69, 9.17) is 5.73 Å². The highest BCUT2D eigenvalue weighted by Crippen LogP contribution is 2.14. The maximum atomic E-state index is 5.76. The standard InChI is InChI=1S/C19H39N/c1-4-5-6-7-8-9-10-11-12-13-14-15-16-17-18(2)19(3)20/h4-17,20H2,1-3H3. The minimum absolute atomic E-state index is 1.02. The fourth-order valence-electron chi connectivity index (χ4n) is 2.61. The van der Waals surface area contributed by atoms with E-state index in [0.29, 0.717) is 0 Å². The molecule has 0 aliphatic carbocycles. The molecule has 0 bridgehead atoms. The maximum Gasteiger partial charge on any atom is 0.00379 e. The van der Waals surface area contributed by atoms with Crippen LogP contribution >= 0.6 is 0 Å². The zero-order valence-electron chi connectivity index (χ0n) is 14.5. The van der Waals surface area contributed by atoms with E-state index in [1.54, 1.807) is 0 Å². The summed E-state index contributed by atoms with van der Waals surface area (Å²) in [6, 6.07) is 0. The van der Waals surface area contributed by atoms with E-state index in [0.717, 1.165) is 5.70 Å². The molecule has 0 fully saturated rings. The lowest BCUT2D eigenvalue weighted by molar-refractivity contribution is 0.539. The van der Waals surface area contributed by atoms with E-state index in [1.165, 1.54) is 95.5 Å². The van der Waals surface area contributed by atoms with E-state index in [-0.39, 0.29) is 0 Å². The molecule has 0 atom stereocenters. The van der Waals surface area contributed by atoms with Gasteiger partial charge in [-0.2, -0.15) is 0 Å². The third-order valence-electron chi connectivity index (χ3n) is 4.33. The van der Waals surface area contributed by atoms with Crippen LogP contribution < -0.4 is 5.73 Å². The topological polar surface area (TPSA) is 26.0 Å². The molecule has 1 nitrogen and oxygen atoms in total. The van der Waals surface area contributed by atoms with Crippen molar-refractivity contribution in [2.75, 3.05) is 0 Å². The van der Waals surface area contributed by atoms with Gasteiger partial charge in [-0.15, -0.1) is 0 Å². The van der Waals surface area contributed by atoms with Gasteiger partial charge in [0.1, 0.15) is 0 Å². The Hall–Kier alpha value is -0.460. The van der Waals surface area contributed by atoms with E-state index < -0.39 is 0 Å². The summed E-state index contributed by atoms with van der Waals surface area (Å²) in [4.78, 5) is 0. The van der Waals surface area contributed by atoms with Gasteiger partial charge in [-0.1, -0.05) is 89.5 Å². The van der Waals surface area contributed by atoms with E-state index >= 15 is 0 Å². The smallest absolute Gasteiger partial charge is 0.00379 e. The van der Waals surface area contributed by atoms with Crippen molar-refractivity contribution in [3.63, 3.8) is 0 Å². The Morgan fingerprint density at radius 1 is 0.600 bits per heavy atom. The van der Waals surface area contributed by atoms with Crippen molar-refractivity contribution < 1.29 is 0 Å². The molecule has 0 saturated heterocycles. The van der Waals surface area contributed by atoms with Crippen molar-refractivity contribution in [2.45, 2.75) is 111 Å². The highest BCUT2D eigenvalue weighted by molar-refractivity contribution is 5.04. The largest absolute Gasteiger partial charge is 0.402 e. The second kappa shape index (κ2) is 14.9. The summed E-state index contributed by atoms with van der Waals surface area (Å²) < 4.78 is 0. The summed E-state index contributed by atoms with van der Waals surface area (Å²) in [5.41, 5.74) is 8.16. The monoisotopic (exact) mass is 281 g/mol. The van der Waals surface area contributed by atoms with Gasteiger partial charge in [-0.05, 0) is 26.7 Å². The zero-order valence-corrected chi connectivity index (χ0v) is 14.5. The van der Waals surface area contributed by atoms with Gasteiger partial charge < -0.3 is 5.73 Å². The van der Waals surface area contributed by atoms with Crippen LogP contribution in [0.2, 0.25) is 0 Å². The van der Waals surface area contributed by atoms with Crippen LogP contribution in [0.3, 0.4) is 0 Å². The van der Waals surface area contributed by atoms with Gasteiger partial charge in [0.2, 0.25) is 0 Å². The maximum absolute atomic E-state index is 5.76. The molecule has 0 rings (SSSR count). The Morgan fingerprint density at radius 3 is 1.30 bits per heavy atom. The normalized spacial score (nSPS) is 12.6. The second-order valence-electron chi connectivity index (χ2n) is 6.46. The first-order chi connectivity index (χ1) is 9.68. The summed E-state index contributed by atoms with van der Waals surface area (Å²) in [6.45, 7) is 6.46. The second-order valence-corrected chi connectivity index (χ2v) is 6.46. The molecule has 0 heterocycles. The molecule has 0 aliphatic rings. The van der Waals surface area contributed by atoms with Crippen LogP contribution in [0.25, 0.3) is 0 Å². The number of allylic oxidation sites excluding steroid dienone is 2. The molecular weight excluding hydrogens is 242 g/mol. The minimum atomic E-state index is 1.02. The Kier molecular flexibility index (Phi) is 14.6. The van der Waals surface area contributed by atoms with Crippen LogP contribution in [0.5, 0.6) is 0 Å². The van der Waals surface area contributed by atoms with Crippen LogP contribution in [0.1, 0.15) is 111 Å². The first kappa shape index (κ1) is 19.5. The highest BCUT2D eigenvalue weighted by Gasteiger charge is 1.95. The number of nitrogens with two attached hydrogens (primary N) is 1. The van der Waals surface area contributed by atoms with Crippen molar-refractivity contribution in [1.82, 2.24) is 0 Å². The van der Waals surface area contributed by atoms with Gasteiger partial charge in [-0.3, -0.25) is 0 Å². The minimum Gasteiger partial charge on any atom is -0.402 e. The molecule has 0 aromatic rings. The predicted octanol–water partition coefficient (Wildman–Crippen LogP) is 6.72. The Bertz CT molecular complexity index is 226. The van der Waals surface area contributed by atoms with Gasteiger partial charge in [0.05, 0.1) is 0 Å². The molecule has 0 saturated carbocycles. The zero-order chi connectivity index (χ0) is 15.1. The Balaban J connectivity index is 3.08. The van der Waals surface area contributed by atoms with E-state index in [1.807, 2.05) is 6.92 Å². The third kappa shape index (κ3) is 14.0. The number of hydrogen-bond donors (Lipinski definition) is 1. The van der Waals surface area contributed by atoms with Gasteiger partial charge >= 0.3 is 0 Å². The van der Waals surface area contributed by atoms with Crippen LogP contribution in [0.15, 0.2) is 11.3 Å². The summed E-state index contributed by atoms with van der Waals surface area (Å²) in [5.74, 6) is 0. The van der Waals surface area contributed by atoms with Crippen LogP contribution in [-0.4, -0.2) is 0 Å². The van der Waals surface area contributed by atoms with Crippen molar-refractivity contribution in [1.29, 1.82) is 0 Å². The van der Waals surface area contributed by atoms with Gasteiger partial charge in [0.25, 0.3) is 0 Å². The average molecular weight is 282 g/mol. The molecule has 0 unspecified atom stereocenters. The Labute approximate surface area is 128 Å². The highest BCUT2D eigenvalue weighted by atomic mass is 14.6. The third-order valence-corrected chi connectivity index (χ3v) is 4.33. The quantitative estimate of drug-likeness (QED) is 0.351. The fourth-order valence-corrected chi connectivity index (χ4v) is 2.61. The SMILES string of the molecule is CCCCCCCCCCCCCCCC(C)=C(C)N. The van der Waals surface area contributed by atoms with Gasteiger partial charge in [0, 0.05) is 5.70 Å². The average Bonchev–Trinajstić information content (AvgIpc) is 2.43.